The molecule has 172 valence electrons. The van der Waals surface area contributed by atoms with Gasteiger partial charge >= 0.3 is 0 Å². The number of benzene rings is 1. The van der Waals surface area contributed by atoms with E-state index >= 15 is 0 Å². The van der Waals surface area contributed by atoms with Crippen LogP contribution in [0.5, 0.6) is 0 Å². The Kier molecular flexibility index (Phi) is 5.77. The van der Waals surface area contributed by atoms with E-state index in [1.54, 1.807) is 0 Å². The zero-order chi connectivity index (χ0) is 23.3. The number of aryl methyl sites for hydroxylation is 4. The van der Waals surface area contributed by atoms with E-state index in [1.165, 1.54) is 65.0 Å². The minimum absolute atomic E-state index is 0.0495. The molecule has 1 aromatic carbocycles. The quantitative estimate of drug-likeness (QED) is 0.463. The standard InChI is InChI=1S/C28H34N4S/c1-17-14-18(2)26(19(3)15-17)31-20(4)16-23(21(31)5)27-25(24-12-8-9-13-29-24)30-28(33)32(27)22-10-6-7-11-22/h8-9,12-16,22,25,27H,6-7,10-11H2,1-5H3,(H,30,33)/t25-,27+/m0/s1. The van der Waals surface area contributed by atoms with Gasteiger partial charge in [-0.15, -0.1) is 0 Å². The SMILES string of the molecule is Cc1cc(C)c(-n2c(C)cc([C@@H]3[C@H](c4ccccn4)NC(=S)N3C3CCCC3)c2C)c(C)c1. The average molecular weight is 459 g/mol. The molecule has 0 amide bonds. The minimum Gasteiger partial charge on any atom is -0.352 e. The van der Waals surface area contributed by atoms with Gasteiger partial charge in [0.1, 0.15) is 0 Å². The number of pyridine rings is 1. The Morgan fingerprint density at radius 1 is 0.970 bits per heavy atom. The van der Waals surface area contributed by atoms with Crippen LogP contribution in [0.4, 0.5) is 0 Å². The molecule has 0 bridgehead atoms. The molecule has 2 atom stereocenters. The first-order chi connectivity index (χ1) is 15.9. The van der Waals surface area contributed by atoms with Gasteiger partial charge < -0.3 is 14.8 Å². The van der Waals surface area contributed by atoms with Gasteiger partial charge in [0.05, 0.1) is 23.5 Å². The van der Waals surface area contributed by atoms with Crippen LogP contribution in [0.1, 0.15) is 77.1 Å². The monoisotopic (exact) mass is 458 g/mol. The fraction of sp³-hybridized carbons (Fsp3) is 0.429. The fourth-order valence-corrected chi connectivity index (χ4v) is 6.62. The van der Waals surface area contributed by atoms with Crippen LogP contribution in [0.15, 0.2) is 42.6 Å². The van der Waals surface area contributed by atoms with Crippen molar-refractivity contribution >= 4 is 17.3 Å². The van der Waals surface area contributed by atoms with Crippen LogP contribution in [0.3, 0.4) is 0 Å². The second-order valence-corrected chi connectivity index (χ2v) is 10.3. The number of rotatable bonds is 4. The Hall–Kier alpha value is -2.66. The van der Waals surface area contributed by atoms with Crippen molar-refractivity contribution in [2.45, 2.75) is 78.4 Å². The number of nitrogens with zero attached hydrogens (tertiary/aromatic N) is 3. The Balaban J connectivity index is 1.67. The van der Waals surface area contributed by atoms with Crippen molar-refractivity contribution in [3.05, 3.63) is 81.9 Å². The number of hydrogen-bond donors (Lipinski definition) is 1. The van der Waals surface area contributed by atoms with Crippen LogP contribution < -0.4 is 5.32 Å². The van der Waals surface area contributed by atoms with Crippen molar-refractivity contribution in [3.63, 3.8) is 0 Å². The molecule has 1 aliphatic carbocycles. The molecule has 33 heavy (non-hydrogen) atoms. The summed E-state index contributed by atoms with van der Waals surface area (Å²) in [5.41, 5.74) is 10.2. The summed E-state index contributed by atoms with van der Waals surface area (Å²) in [6.45, 7) is 11.1. The molecule has 5 rings (SSSR count). The molecule has 0 radical (unpaired) electrons. The molecule has 5 heteroatoms. The lowest BCUT2D eigenvalue weighted by Crippen LogP contribution is -2.37. The molecular formula is C28H34N4S. The van der Waals surface area contributed by atoms with Crippen LogP contribution in [-0.4, -0.2) is 25.6 Å². The van der Waals surface area contributed by atoms with E-state index < -0.39 is 0 Å². The maximum Gasteiger partial charge on any atom is 0.170 e. The van der Waals surface area contributed by atoms with Gasteiger partial charge in [0.25, 0.3) is 0 Å². The normalized spacial score (nSPS) is 21.1. The molecule has 1 aliphatic heterocycles. The summed E-state index contributed by atoms with van der Waals surface area (Å²) >= 11 is 5.94. The smallest absolute Gasteiger partial charge is 0.170 e. The zero-order valence-electron chi connectivity index (χ0n) is 20.4. The van der Waals surface area contributed by atoms with Crippen LogP contribution in [0.2, 0.25) is 0 Å². The van der Waals surface area contributed by atoms with Crippen molar-refractivity contribution in [1.82, 2.24) is 19.8 Å². The van der Waals surface area contributed by atoms with E-state index in [0.29, 0.717) is 6.04 Å². The summed E-state index contributed by atoms with van der Waals surface area (Å²) in [6.07, 6.45) is 6.87. The number of thiocarbonyl (C=S) groups is 1. The molecule has 1 saturated heterocycles. The maximum atomic E-state index is 5.94. The molecule has 0 spiro atoms. The van der Waals surface area contributed by atoms with Gasteiger partial charge in [0.2, 0.25) is 0 Å². The highest BCUT2D eigenvalue weighted by atomic mass is 32.1. The largest absolute Gasteiger partial charge is 0.352 e. The minimum atomic E-state index is 0.0495. The van der Waals surface area contributed by atoms with E-state index in [9.17, 15) is 0 Å². The average Bonchev–Trinajstić information content (AvgIpc) is 3.48. The molecule has 2 fully saturated rings. The lowest BCUT2D eigenvalue weighted by Gasteiger charge is -2.33. The lowest BCUT2D eigenvalue weighted by molar-refractivity contribution is 0.245. The number of aromatic nitrogens is 2. The van der Waals surface area contributed by atoms with Gasteiger partial charge in [0.15, 0.2) is 5.11 Å². The summed E-state index contributed by atoms with van der Waals surface area (Å²) in [4.78, 5) is 7.23. The third kappa shape index (κ3) is 3.76. The van der Waals surface area contributed by atoms with E-state index in [4.69, 9.17) is 17.2 Å². The highest BCUT2D eigenvalue weighted by molar-refractivity contribution is 7.80. The van der Waals surface area contributed by atoms with E-state index in [1.807, 2.05) is 12.3 Å². The maximum absolute atomic E-state index is 5.94. The van der Waals surface area contributed by atoms with Gasteiger partial charge in [-0.3, -0.25) is 4.98 Å². The summed E-state index contributed by atoms with van der Waals surface area (Å²) in [6, 6.07) is 13.8. The third-order valence-corrected chi connectivity index (χ3v) is 7.83. The Morgan fingerprint density at radius 3 is 2.30 bits per heavy atom. The molecule has 2 aliphatic rings. The van der Waals surface area contributed by atoms with Crippen LogP contribution in [0, 0.1) is 34.6 Å². The molecular weight excluding hydrogens is 424 g/mol. The van der Waals surface area contributed by atoms with Crippen LogP contribution >= 0.6 is 12.2 Å². The molecule has 1 N–H and O–H groups in total. The van der Waals surface area contributed by atoms with Crippen molar-refractivity contribution in [1.29, 1.82) is 0 Å². The first-order valence-corrected chi connectivity index (χ1v) is 12.5. The van der Waals surface area contributed by atoms with Gasteiger partial charge in [-0.1, -0.05) is 36.6 Å². The molecule has 3 aromatic rings. The van der Waals surface area contributed by atoms with E-state index in [0.717, 1.165) is 10.8 Å². The van der Waals surface area contributed by atoms with Crippen molar-refractivity contribution in [2.75, 3.05) is 0 Å². The molecule has 3 heterocycles. The summed E-state index contributed by atoms with van der Waals surface area (Å²) in [5, 5.41) is 4.53. The second-order valence-electron chi connectivity index (χ2n) is 9.88. The summed E-state index contributed by atoms with van der Waals surface area (Å²) in [7, 11) is 0. The molecule has 1 saturated carbocycles. The second kappa shape index (κ2) is 8.60. The predicted octanol–water partition coefficient (Wildman–Crippen LogP) is 6.33. The third-order valence-electron chi connectivity index (χ3n) is 7.50. The topological polar surface area (TPSA) is 33.1 Å². The number of nitrogens with one attached hydrogen (secondary N) is 1. The first-order valence-electron chi connectivity index (χ1n) is 12.1. The van der Waals surface area contributed by atoms with Gasteiger partial charge in [0, 0.05) is 23.6 Å². The van der Waals surface area contributed by atoms with E-state index in [-0.39, 0.29) is 12.1 Å². The Bertz CT molecular complexity index is 1170. The van der Waals surface area contributed by atoms with Gasteiger partial charge in [-0.2, -0.15) is 0 Å². The molecule has 0 unspecified atom stereocenters. The molecule has 2 aromatic heterocycles. The van der Waals surface area contributed by atoms with Crippen molar-refractivity contribution in [3.8, 4) is 5.69 Å². The fourth-order valence-electron chi connectivity index (χ4n) is 6.23. The highest BCUT2D eigenvalue weighted by Gasteiger charge is 2.44. The van der Waals surface area contributed by atoms with Crippen LogP contribution in [-0.2, 0) is 0 Å². The molecule has 4 nitrogen and oxygen atoms in total. The summed E-state index contributed by atoms with van der Waals surface area (Å²) < 4.78 is 2.45. The summed E-state index contributed by atoms with van der Waals surface area (Å²) in [5.74, 6) is 0. The van der Waals surface area contributed by atoms with Crippen molar-refractivity contribution < 1.29 is 0 Å². The van der Waals surface area contributed by atoms with Crippen LogP contribution in [0.25, 0.3) is 5.69 Å². The van der Waals surface area contributed by atoms with E-state index in [2.05, 4.69) is 79.7 Å². The first kappa shape index (κ1) is 22.1. The van der Waals surface area contributed by atoms with Crippen molar-refractivity contribution in [2.24, 2.45) is 0 Å². The zero-order valence-corrected chi connectivity index (χ0v) is 21.2. The Labute approximate surface area is 203 Å². The van der Waals surface area contributed by atoms with Gasteiger partial charge in [-0.25, -0.2) is 0 Å². The highest BCUT2D eigenvalue weighted by Crippen LogP contribution is 2.45. The van der Waals surface area contributed by atoms with Gasteiger partial charge in [-0.05, 0) is 94.6 Å². The lowest BCUT2D eigenvalue weighted by atomic mass is 9.95. The Morgan fingerprint density at radius 2 is 1.67 bits per heavy atom. The number of hydrogen-bond acceptors (Lipinski definition) is 2. The predicted molar refractivity (Wildman–Crippen MR) is 139 cm³/mol.